The quantitative estimate of drug-likeness (QED) is 0.786. The van der Waals surface area contributed by atoms with E-state index in [0.717, 1.165) is 4.31 Å². The number of sulfonamides is 1. The Morgan fingerprint density at radius 3 is 2.33 bits per heavy atom. The molecule has 0 aliphatic rings. The van der Waals surface area contributed by atoms with Gasteiger partial charge in [0.1, 0.15) is 5.92 Å². The van der Waals surface area contributed by atoms with Crippen LogP contribution in [-0.4, -0.2) is 43.8 Å². The van der Waals surface area contributed by atoms with Crippen molar-refractivity contribution in [3.63, 3.8) is 0 Å². The van der Waals surface area contributed by atoms with Crippen LogP contribution in [0.1, 0.15) is 12.5 Å². The number of benzene rings is 1. The van der Waals surface area contributed by atoms with Crippen LogP contribution in [0.2, 0.25) is 0 Å². The Morgan fingerprint density at radius 1 is 1.29 bits per heavy atom. The molecule has 21 heavy (non-hydrogen) atoms. The number of hydrogen-bond acceptors (Lipinski definition) is 4. The lowest BCUT2D eigenvalue weighted by Gasteiger charge is -2.15. The average molecular weight is 314 g/mol. The molecular formula is C13H18N2O5S. The standard InChI is InChI=1S/C13H18N2O5S/c1-8-5-6-10(21(19,20)15(3)4)7-11(8)14-12(16)9(2)13(17)18/h5-7,9H,1-4H3,(H,14,16)(H,17,18). The van der Waals surface area contributed by atoms with Crippen LogP contribution in [-0.2, 0) is 19.6 Å². The van der Waals surface area contributed by atoms with E-state index >= 15 is 0 Å². The summed E-state index contributed by atoms with van der Waals surface area (Å²) in [5.74, 6) is -3.18. The summed E-state index contributed by atoms with van der Waals surface area (Å²) >= 11 is 0. The van der Waals surface area contributed by atoms with Gasteiger partial charge in [0.05, 0.1) is 4.90 Å². The van der Waals surface area contributed by atoms with Crippen molar-refractivity contribution in [3.05, 3.63) is 23.8 Å². The summed E-state index contributed by atoms with van der Waals surface area (Å²) in [6, 6.07) is 4.30. The molecule has 0 saturated heterocycles. The van der Waals surface area contributed by atoms with Crippen molar-refractivity contribution in [2.45, 2.75) is 18.7 Å². The maximum absolute atomic E-state index is 12.0. The van der Waals surface area contributed by atoms with Crippen LogP contribution in [0.25, 0.3) is 0 Å². The summed E-state index contributed by atoms with van der Waals surface area (Å²) in [4.78, 5) is 22.5. The van der Waals surface area contributed by atoms with Crippen molar-refractivity contribution < 1.29 is 23.1 Å². The third-order valence-electron chi connectivity index (χ3n) is 3.01. The molecule has 0 radical (unpaired) electrons. The summed E-state index contributed by atoms with van der Waals surface area (Å²) in [5.41, 5.74) is 0.912. The van der Waals surface area contributed by atoms with Gasteiger partial charge in [-0.2, -0.15) is 0 Å². The molecule has 1 rings (SSSR count). The first-order valence-corrected chi connectivity index (χ1v) is 7.58. The van der Waals surface area contributed by atoms with Gasteiger partial charge in [-0.1, -0.05) is 6.07 Å². The van der Waals surface area contributed by atoms with Crippen LogP contribution >= 0.6 is 0 Å². The highest BCUT2D eigenvalue weighted by Crippen LogP contribution is 2.22. The molecule has 0 spiro atoms. The van der Waals surface area contributed by atoms with Crippen molar-refractivity contribution in [2.24, 2.45) is 5.92 Å². The maximum Gasteiger partial charge on any atom is 0.315 e. The molecule has 116 valence electrons. The van der Waals surface area contributed by atoms with E-state index in [4.69, 9.17) is 5.11 Å². The largest absolute Gasteiger partial charge is 0.481 e. The van der Waals surface area contributed by atoms with Crippen LogP contribution in [0.15, 0.2) is 23.1 Å². The molecule has 0 saturated carbocycles. The monoisotopic (exact) mass is 314 g/mol. The number of nitrogens with zero attached hydrogens (tertiary/aromatic N) is 1. The minimum Gasteiger partial charge on any atom is -0.481 e. The first kappa shape index (κ1) is 17.1. The van der Waals surface area contributed by atoms with Gasteiger partial charge >= 0.3 is 5.97 Å². The van der Waals surface area contributed by atoms with Crippen LogP contribution in [0.5, 0.6) is 0 Å². The van der Waals surface area contributed by atoms with Crippen molar-refractivity contribution >= 4 is 27.6 Å². The highest BCUT2D eigenvalue weighted by atomic mass is 32.2. The first-order chi connectivity index (χ1) is 9.57. The van der Waals surface area contributed by atoms with E-state index < -0.39 is 27.8 Å². The van der Waals surface area contributed by atoms with Gasteiger partial charge in [-0.3, -0.25) is 9.59 Å². The summed E-state index contributed by atoms with van der Waals surface area (Å²) in [7, 11) is -0.817. The zero-order chi connectivity index (χ0) is 16.4. The predicted molar refractivity (Wildman–Crippen MR) is 77.5 cm³/mol. The van der Waals surface area contributed by atoms with E-state index in [0.29, 0.717) is 5.56 Å². The molecule has 1 aromatic rings. The number of aryl methyl sites for hydroxylation is 1. The molecule has 7 nitrogen and oxygen atoms in total. The third kappa shape index (κ3) is 3.79. The Balaban J connectivity index is 3.16. The lowest BCUT2D eigenvalue weighted by molar-refractivity contribution is -0.144. The van der Waals surface area contributed by atoms with E-state index in [9.17, 15) is 18.0 Å². The van der Waals surface area contributed by atoms with Crippen LogP contribution in [0.4, 0.5) is 5.69 Å². The number of carbonyl (C=O) groups excluding carboxylic acids is 1. The number of carbonyl (C=O) groups is 2. The molecule has 1 amide bonds. The predicted octanol–water partition coefficient (Wildman–Crippen LogP) is 0.905. The lowest BCUT2D eigenvalue weighted by atomic mass is 10.1. The number of amides is 1. The van der Waals surface area contributed by atoms with E-state index in [1.165, 1.54) is 33.2 Å². The van der Waals surface area contributed by atoms with Crippen molar-refractivity contribution in [2.75, 3.05) is 19.4 Å². The molecule has 1 aromatic carbocycles. The number of hydrogen-bond donors (Lipinski definition) is 2. The average Bonchev–Trinajstić information content (AvgIpc) is 2.39. The number of nitrogens with one attached hydrogen (secondary N) is 1. The number of carboxylic acid groups (broad SMARTS) is 1. The van der Waals surface area contributed by atoms with Crippen molar-refractivity contribution in [3.8, 4) is 0 Å². The molecule has 2 N–H and O–H groups in total. The Labute approximate surface area is 123 Å². The van der Waals surface area contributed by atoms with E-state index in [1.54, 1.807) is 13.0 Å². The van der Waals surface area contributed by atoms with Gasteiger partial charge in [0, 0.05) is 19.8 Å². The second kappa shape index (κ2) is 6.23. The third-order valence-corrected chi connectivity index (χ3v) is 4.82. The molecular weight excluding hydrogens is 296 g/mol. The van der Waals surface area contributed by atoms with Crippen molar-refractivity contribution in [1.29, 1.82) is 0 Å². The molecule has 1 atom stereocenters. The van der Waals surface area contributed by atoms with Crippen LogP contribution < -0.4 is 5.32 Å². The summed E-state index contributed by atoms with van der Waals surface area (Å²) < 4.78 is 25.1. The second-order valence-electron chi connectivity index (χ2n) is 4.81. The molecule has 0 fully saturated rings. The number of rotatable bonds is 5. The molecule has 0 aliphatic carbocycles. The molecule has 0 aromatic heterocycles. The van der Waals surface area contributed by atoms with Gasteiger partial charge in [0.25, 0.3) is 0 Å². The Morgan fingerprint density at radius 2 is 1.86 bits per heavy atom. The normalized spacial score (nSPS) is 13.0. The number of aliphatic carboxylic acids is 1. The zero-order valence-electron chi connectivity index (χ0n) is 12.2. The fraction of sp³-hybridized carbons (Fsp3) is 0.385. The Bertz CT molecular complexity index is 667. The fourth-order valence-corrected chi connectivity index (χ4v) is 2.39. The summed E-state index contributed by atoms with van der Waals surface area (Å²) in [5, 5.41) is 11.2. The van der Waals surface area contributed by atoms with Gasteiger partial charge < -0.3 is 10.4 Å². The van der Waals surface area contributed by atoms with Crippen molar-refractivity contribution in [1.82, 2.24) is 4.31 Å². The lowest BCUT2D eigenvalue weighted by Crippen LogP contribution is -2.27. The number of carboxylic acids is 1. The molecule has 0 aliphatic heterocycles. The minimum atomic E-state index is -3.62. The molecule has 8 heteroatoms. The van der Waals surface area contributed by atoms with Gasteiger partial charge in [-0.25, -0.2) is 12.7 Å². The molecule has 0 heterocycles. The summed E-state index contributed by atoms with van der Waals surface area (Å²) in [6.45, 7) is 2.94. The van der Waals surface area contributed by atoms with Gasteiger partial charge in [0.2, 0.25) is 15.9 Å². The van der Waals surface area contributed by atoms with Crippen LogP contribution in [0.3, 0.4) is 0 Å². The second-order valence-corrected chi connectivity index (χ2v) is 6.97. The molecule has 1 unspecified atom stereocenters. The molecule has 0 bridgehead atoms. The SMILES string of the molecule is Cc1ccc(S(=O)(=O)N(C)C)cc1NC(=O)C(C)C(=O)O. The Kier molecular flexibility index (Phi) is 5.08. The Hall–Kier alpha value is -1.93. The maximum atomic E-state index is 12.0. The van der Waals surface area contributed by atoms with Gasteiger partial charge in [-0.15, -0.1) is 0 Å². The van der Waals surface area contributed by atoms with Gasteiger partial charge in [0.15, 0.2) is 0 Å². The fourth-order valence-electron chi connectivity index (χ4n) is 1.46. The first-order valence-electron chi connectivity index (χ1n) is 6.14. The number of anilines is 1. The topological polar surface area (TPSA) is 104 Å². The highest BCUT2D eigenvalue weighted by Gasteiger charge is 2.22. The van der Waals surface area contributed by atoms with Gasteiger partial charge in [-0.05, 0) is 31.5 Å². The smallest absolute Gasteiger partial charge is 0.315 e. The van der Waals surface area contributed by atoms with E-state index in [1.807, 2.05) is 0 Å². The highest BCUT2D eigenvalue weighted by molar-refractivity contribution is 7.89. The van der Waals surface area contributed by atoms with E-state index in [2.05, 4.69) is 5.32 Å². The zero-order valence-corrected chi connectivity index (χ0v) is 13.1. The summed E-state index contributed by atoms with van der Waals surface area (Å²) in [6.07, 6.45) is 0. The minimum absolute atomic E-state index is 0.0244. The van der Waals surface area contributed by atoms with Crippen LogP contribution in [0, 0.1) is 12.8 Å². The van der Waals surface area contributed by atoms with E-state index in [-0.39, 0.29) is 10.6 Å².